The van der Waals surface area contributed by atoms with Crippen LogP contribution >= 0.6 is 0 Å². The fourth-order valence-electron chi connectivity index (χ4n) is 0.278. The van der Waals surface area contributed by atoms with Gasteiger partial charge in [-0.05, 0) is 12.1 Å². The molecule has 1 heteroatoms. The van der Waals surface area contributed by atoms with Crippen LogP contribution in [0.4, 0.5) is 0 Å². The van der Waals surface area contributed by atoms with Crippen LogP contribution in [0.25, 0.3) is 0 Å². The second-order valence-electron chi connectivity index (χ2n) is 0.885. The van der Waals surface area contributed by atoms with Crippen molar-refractivity contribution in [1.82, 2.24) is 4.98 Å². The van der Waals surface area contributed by atoms with Gasteiger partial charge in [0.05, 0.1) is 0 Å². The van der Waals surface area contributed by atoms with Crippen LogP contribution < -0.4 is 0 Å². The van der Waals surface area contributed by atoms with E-state index in [4.69, 9.17) is 0 Å². The Morgan fingerprint density at radius 2 is 1.60 bits per heavy atom. The predicted octanol–water partition coefficient (Wildman–Crippen LogP) is 1.01. The molecule has 1 aromatic heterocycles. The summed E-state index contributed by atoms with van der Waals surface area (Å²) >= 11 is 0. The summed E-state index contributed by atoms with van der Waals surface area (Å²) in [6, 6.07) is 3.89. The van der Waals surface area contributed by atoms with Crippen molar-refractivity contribution in [2.45, 2.75) is 0 Å². The van der Waals surface area contributed by atoms with Crippen LogP contribution in [0.3, 0.4) is 0 Å². The van der Waals surface area contributed by atoms with E-state index in [0.717, 1.165) is 0 Å². The maximum absolute atomic E-state index is 2.86. The van der Waals surface area contributed by atoms with Crippen LogP contribution in [0.2, 0.25) is 0 Å². The summed E-state index contributed by atoms with van der Waals surface area (Å²) in [5, 5.41) is 0. The van der Waals surface area contributed by atoms with E-state index in [-0.39, 0.29) is 0 Å². The Bertz CT molecular complexity index is 60.1. The number of aromatic amines is 1. The van der Waals surface area contributed by atoms with Crippen LogP contribution in [-0.2, 0) is 0 Å². The summed E-state index contributed by atoms with van der Waals surface area (Å²) in [5.41, 5.74) is 0. The largest absolute Gasteiger partial charge is 0.368 e. The number of nitrogens with one attached hydrogen (secondary N) is 1. The van der Waals surface area contributed by atoms with E-state index in [2.05, 4.69) is 4.98 Å². The monoisotopic (exact) mass is 68.0 g/mol. The molecule has 0 bridgehead atoms. The first-order chi connectivity index (χ1) is 2.50. The number of aromatic nitrogens is 1. The Morgan fingerprint density at radius 1 is 1.00 bits per heavy atom. The van der Waals surface area contributed by atoms with Gasteiger partial charge in [0.25, 0.3) is 0 Å². The zero-order valence-electron chi connectivity index (χ0n) is 2.81. The van der Waals surface area contributed by atoms with Crippen molar-refractivity contribution in [3.8, 4) is 0 Å². The second-order valence-corrected chi connectivity index (χ2v) is 0.885. The average molecular weight is 68.1 g/mol. The predicted molar refractivity (Wildman–Crippen MR) is 20.8 cm³/mol. The Hall–Kier alpha value is -0.720. The van der Waals surface area contributed by atoms with Crippen LogP contribution in [0.5, 0.6) is 0 Å². The van der Waals surface area contributed by atoms with Crippen molar-refractivity contribution in [2.75, 3.05) is 0 Å². The Kier molecular flexibility index (Phi) is 0.468. The van der Waals surface area contributed by atoms with E-state index < -0.39 is 0 Å². The van der Waals surface area contributed by atoms with Gasteiger partial charge in [0.1, 0.15) is 0 Å². The SMILES string of the molecule is c1cc[15nH]c1. The fourth-order valence-corrected chi connectivity index (χ4v) is 0.278. The maximum Gasteiger partial charge on any atom is 0.000496 e. The molecule has 0 amide bonds. The Labute approximate surface area is 30.6 Å². The molecule has 0 spiro atoms. The molecule has 0 unspecified atom stereocenters. The molecule has 26 valence electrons. The highest BCUT2D eigenvalue weighted by atomic mass is 15.4. The molecule has 5 heavy (non-hydrogen) atoms. The molecule has 1 nitrogen and oxygen atoms in total. The van der Waals surface area contributed by atoms with Crippen molar-refractivity contribution in [3.63, 3.8) is 0 Å². The molecule has 0 atom stereocenters. The van der Waals surface area contributed by atoms with E-state index >= 15 is 0 Å². The van der Waals surface area contributed by atoms with Gasteiger partial charge in [-0.25, -0.2) is 0 Å². The van der Waals surface area contributed by atoms with Crippen LogP contribution in [0.1, 0.15) is 0 Å². The molecular weight excluding hydrogens is 63.0 g/mol. The molecule has 1 aromatic rings. The average Bonchev–Trinajstić information content (AvgIpc) is 1.76. The van der Waals surface area contributed by atoms with Crippen molar-refractivity contribution >= 4 is 0 Å². The summed E-state index contributed by atoms with van der Waals surface area (Å²) in [6.45, 7) is 0. The lowest BCUT2D eigenvalue weighted by Crippen LogP contribution is -1.38. The summed E-state index contributed by atoms with van der Waals surface area (Å²) in [6.07, 6.45) is 3.75. The lowest BCUT2D eigenvalue weighted by Gasteiger charge is -1.49. The van der Waals surface area contributed by atoms with Crippen molar-refractivity contribution in [2.24, 2.45) is 0 Å². The normalized spacial score (nSPS) is 8.00. The number of H-pyrrole nitrogens is 1. The van der Waals surface area contributed by atoms with E-state index in [1.54, 1.807) is 0 Å². The highest BCUT2D eigenvalue weighted by molar-refractivity contribution is 4.84. The third-order valence-electron chi connectivity index (χ3n) is 0.496. The minimum Gasteiger partial charge on any atom is -0.368 e. The van der Waals surface area contributed by atoms with E-state index in [1.165, 1.54) is 0 Å². The summed E-state index contributed by atoms with van der Waals surface area (Å²) in [5.74, 6) is 0. The van der Waals surface area contributed by atoms with E-state index in [1.807, 2.05) is 24.5 Å². The summed E-state index contributed by atoms with van der Waals surface area (Å²) < 4.78 is 0. The first kappa shape index (κ1) is 2.51. The molecule has 0 saturated carbocycles. The standard InChI is InChI=1S/C4H5N/c1-2-4-5-3-1/h1-5H/i5+1. The van der Waals surface area contributed by atoms with Crippen molar-refractivity contribution in [3.05, 3.63) is 24.5 Å². The lowest BCUT2D eigenvalue weighted by molar-refractivity contribution is 1.42. The minimum atomic E-state index is 1.88. The van der Waals surface area contributed by atoms with Crippen LogP contribution in [0, 0.1) is 0 Å². The molecule has 0 radical (unpaired) electrons. The van der Waals surface area contributed by atoms with Gasteiger partial charge in [-0.2, -0.15) is 0 Å². The highest BCUT2D eigenvalue weighted by Gasteiger charge is 1.55. The zero-order valence-corrected chi connectivity index (χ0v) is 2.81. The second kappa shape index (κ2) is 0.931. The van der Waals surface area contributed by atoms with Gasteiger partial charge in [0.2, 0.25) is 0 Å². The Balaban J connectivity index is 3.13. The van der Waals surface area contributed by atoms with E-state index in [9.17, 15) is 0 Å². The molecule has 0 saturated heterocycles. The van der Waals surface area contributed by atoms with E-state index in [0.29, 0.717) is 0 Å². The van der Waals surface area contributed by atoms with Crippen molar-refractivity contribution < 1.29 is 0 Å². The number of rotatable bonds is 0. The molecule has 0 aliphatic carbocycles. The molecular formula is C4H5N. The van der Waals surface area contributed by atoms with Gasteiger partial charge in [0, 0.05) is 12.4 Å². The molecule has 0 fully saturated rings. The first-order valence-corrected chi connectivity index (χ1v) is 1.58. The molecule has 1 rings (SSSR count). The van der Waals surface area contributed by atoms with Gasteiger partial charge in [-0.1, -0.05) is 0 Å². The lowest BCUT2D eigenvalue weighted by atomic mass is 10.7. The molecule has 0 aromatic carbocycles. The van der Waals surface area contributed by atoms with Gasteiger partial charge in [0.15, 0.2) is 0 Å². The quantitative estimate of drug-likeness (QED) is 0.467. The smallest absolute Gasteiger partial charge is 0.000496 e. The third-order valence-corrected chi connectivity index (χ3v) is 0.496. The van der Waals surface area contributed by atoms with Crippen LogP contribution in [0.15, 0.2) is 24.5 Å². The molecule has 0 aliphatic heterocycles. The zero-order chi connectivity index (χ0) is 3.54. The third kappa shape index (κ3) is 0.293. The topological polar surface area (TPSA) is 15.8 Å². The maximum atomic E-state index is 2.86. The van der Waals surface area contributed by atoms with Gasteiger partial charge in [-0.3, -0.25) is 0 Å². The minimum absolute atomic E-state index is 1.88. The summed E-state index contributed by atoms with van der Waals surface area (Å²) in [7, 11) is 0. The van der Waals surface area contributed by atoms with Crippen LogP contribution in [-0.4, -0.2) is 4.98 Å². The number of hydrogen-bond acceptors (Lipinski definition) is 0. The van der Waals surface area contributed by atoms with Gasteiger partial charge < -0.3 is 4.98 Å². The highest BCUT2D eigenvalue weighted by Crippen LogP contribution is 1.72. The van der Waals surface area contributed by atoms with Gasteiger partial charge in [-0.15, -0.1) is 0 Å². The van der Waals surface area contributed by atoms with Gasteiger partial charge >= 0.3 is 0 Å². The molecule has 1 N–H and O–H groups in total. The van der Waals surface area contributed by atoms with Crippen molar-refractivity contribution in [1.29, 1.82) is 0 Å². The molecule has 1 heterocycles. The molecule has 0 aliphatic rings. The summed E-state index contributed by atoms with van der Waals surface area (Å²) in [4.78, 5) is 2.86. The Morgan fingerprint density at radius 3 is 1.80 bits per heavy atom. The fraction of sp³-hybridized carbons (Fsp3) is 0. The number of hydrogen-bond donors (Lipinski definition) is 1. The first-order valence-electron chi connectivity index (χ1n) is 1.58.